The van der Waals surface area contributed by atoms with Crippen LogP contribution in [0, 0.1) is 5.82 Å². The average molecular weight is 222 g/mol. The SMILES string of the molecule is Fc1cc(Cl)ccc1CNCCCl. The fourth-order valence-corrected chi connectivity index (χ4v) is 1.25. The Labute approximate surface area is 86.8 Å². The zero-order valence-electron chi connectivity index (χ0n) is 6.99. The Bertz CT molecular complexity index is 278. The molecule has 0 radical (unpaired) electrons. The molecule has 0 amide bonds. The number of benzene rings is 1. The molecule has 0 saturated heterocycles. The Balaban J connectivity index is 2.56. The molecule has 1 rings (SSSR count). The van der Waals surface area contributed by atoms with Gasteiger partial charge >= 0.3 is 0 Å². The third kappa shape index (κ3) is 3.51. The van der Waals surface area contributed by atoms with Gasteiger partial charge in [0.2, 0.25) is 0 Å². The van der Waals surface area contributed by atoms with E-state index in [-0.39, 0.29) is 5.82 Å². The van der Waals surface area contributed by atoms with E-state index in [1.807, 2.05) is 0 Å². The van der Waals surface area contributed by atoms with Gasteiger partial charge in [0.05, 0.1) is 0 Å². The van der Waals surface area contributed by atoms with Crippen molar-refractivity contribution in [2.75, 3.05) is 12.4 Å². The van der Waals surface area contributed by atoms with Crippen LogP contribution in [0.5, 0.6) is 0 Å². The minimum atomic E-state index is -0.283. The second-order valence-corrected chi connectivity index (χ2v) is 3.42. The van der Waals surface area contributed by atoms with Gasteiger partial charge in [-0.15, -0.1) is 11.6 Å². The first-order valence-corrected chi connectivity index (χ1v) is 4.86. The molecule has 0 aromatic heterocycles. The molecule has 1 aromatic rings. The molecule has 0 unspecified atom stereocenters. The normalized spacial score (nSPS) is 10.4. The Kier molecular flexibility index (Phi) is 4.50. The predicted octanol–water partition coefficient (Wildman–Crippen LogP) is 2.81. The van der Waals surface area contributed by atoms with Gasteiger partial charge in [0, 0.05) is 29.6 Å². The van der Waals surface area contributed by atoms with E-state index in [1.54, 1.807) is 12.1 Å². The van der Waals surface area contributed by atoms with E-state index < -0.39 is 0 Å². The maximum absolute atomic E-state index is 13.1. The quantitative estimate of drug-likeness (QED) is 0.610. The minimum absolute atomic E-state index is 0.283. The smallest absolute Gasteiger partial charge is 0.129 e. The van der Waals surface area contributed by atoms with E-state index in [0.717, 1.165) is 0 Å². The fraction of sp³-hybridized carbons (Fsp3) is 0.333. The van der Waals surface area contributed by atoms with Crippen LogP contribution in [0.15, 0.2) is 18.2 Å². The van der Waals surface area contributed by atoms with E-state index >= 15 is 0 Å². The largest absolute Gasteiger partial charge is 0.311 e. The molecule has 13 heavy (non-hydrogen) atoms. The summed E-state index contributed by atoms with van der Waals surface area (Å²) in [6, 6.07) is 4.64. The molecule has 0 heterocycles. The number of nitrogens with one attached hydrogen (secondary N) is 1. The van der Waals surface area contributed by atoms with Crippen molar-refractivity contribution < 1.29 is 4.39 Å². The molecule has 0 bridgehead atoms. The molecule has 0 spiro atoms. The number of hydrogen-bond acceptors (Lipinski definition) is 1. The molecule has 4 heteroatoms. The Morgan fingerprint density at radius 1 is 1.38 bits per heavy atom. The zero-order valence-corrected chi connectivity index (χ0v) is 8.50. The molecule has 1 aromatic carbocycles. The van der Waals surface area contributed by atoms with E-state index in [9.17, 15) is 4.39 Å². The van der Waals surface area contributed by atoms with Gasteiger partial charge in [0.15, 0.2) is 0 Å². The highest BCUT2D eigenvalue weighted by molar-refractivity contribution is 6.30. The Hall–Kier alpha value is -0.310. The summed E-state index contributed by atoms with van der Waals surface area (Å²) in [4.78, 5) is 0. The van der Waals surface area contributed by atoms with Gasteiger partial charge in [0.25, 0.3) is 0 Å². The van der Waals surface area contributed by atoms with Crippen molar-refractivity contribution in [2.24, 2.45) is 0 Å². The Morgan fingerprint density at radius 3 is 2.77 bits per heavy atom. The van der Waals surface area contributed by atoms with Crippen LogP contribution in [0.25, 0.3) is 0 Å². The van der Waals surface area contributed by atoms with E-state index in [2.05, 4.69) is 5.32 Å². The van der Waals surface area contributed by atoms with Gasteiger partial charge in [-0.2, -0.15) is 0 Å². The van der Waals surface area contributed by atoms with Crippen LogP contribution in [-0.2, 0) is 6.54 Å². The summed E-state index contributed by atoms with van der Waals surface area (Å²) >= 11 is 11.1. The van der Waals surface area contributed by atoms with Crippen molar-refractivity contribution in [3.8, 4) is 0 Å². The maximum Gasteiger partial charge on any atom is 0.129 e. The lowest BCUT2D eigenvalue weighted by Crippen LogP contribution is -2.16. The monoisotopic (exact) mass is 221 g/mol. The van der Waals surface area contributed by atoms with E-state index in [1.165, 1.54) is 6.07 Å². The maximum atomic E-state index is 13.1. The van der Waals surface area contributed by atoms with Crippen LogP contribution in [0.4, 0.5) is 4.39 Å². The van der Waals surface area contributed by atoms with Crippen molar-refractivity contribution in [1.82, 2.24) is 5.32 Å². The summed E-state index contributed by atoms with van der Waals surface area (Å²) in [6.07, 6.45) is 0. The molecule has 1 nitrogen and oxygen atoms in total. The molecule has 0 saturated carbocycles. The van der Waals surface area contributed by atoms with Gasteiger partial charge in [-0.25, -0.2) is 4.39 Å². The summed E-state index contributed by atoms with van der Waals surface area (Å²) in [7, 11) is 0. The fourth-order valence-electron chi connectivity index (χ4n) is 0.955. The minimum Gasteiger partial charge on any atom is -0.311 e. The Morgan fingerprint density at radius 2 is 2.15 bits per heavy atom. The predicted molar refractivity (Wildman–Crippen MR) is 53.8 cm³/mol. The first-order valence-electron chi connectivity index (χ1n) is 3.94. The van der Waals surface area contributed by atoms with E-state index in [4.69, 9.17) is 23.2 Å². The third-order valence-corrected chi connectivity index (χ3v) is 2.03. The summed E-state index contributed by atoms with van der Waals surface area (Å²) in [5, 5.41) is 3.41. The van der Waals surface area contributed by atoms with Crippen molar-refractivity contribution in [3.63, 3.8) is 0 Å². The van der Waals surface area contributed by atoms with Gasteiger partial charge in [-0.3, -0.25) is 0 Å². The van der Waals surface area contributed by atoms with Gasteiger partial charge in [-0.1, -0.05) is 17.7 Å². The molecule has 0 aliphatic carbocycles. The lowest BCUT2D eigenvalue weighted by molar-refractivity contribution is 0.594. The number of alkyl halides is 1. The topological polar surface area (TPSA) is 12.0 Å². The average Bonchev–Trinajstić information content (AvgIpc) is 2.09. The lowest BCUT2D eigenvalue weighted by atomic mass is 10.2. The molecule has 0 aliphatic heterocycles. The number of halogens is 3. The van der Waals surface area contributed by atoms with Crippen molar-refractivity contribution in [2.45, 2.75) is 6.54 Å². The summed E-state index contributed by atoms with van der Waals surface area (Å²) in [5.41, 5.74) is 0.606. The molecule has 0 aliphatic rings. The lowest BCUT2D eigenvalue weighted by Gasteiger charge is -2.04. The van der Waals surface area contributed by atoms with Crippen molar-refractivity contribution >= 4 is 23.2 Å². The molecule has 72 valence electrons. The van der Waals surface area contributed by atoms with Crippen LogP contribution in [-0.4, -0.2) is 12.4 Å². The second-order valence-electron chi connectivity index (χ2n) is 2.60. The van der Waals surface area contributed by atoms with Crippen LogP contribution in [0.3, 0.4) is 0 Å². The molecular weight excluding hydrogens is 212 g/mol. The highest BCUT2D eigenvalue weighted by Crippen LogP contribution is 2.14. The van der Waals surface area contributed by atoms with Crippen LogP contribution >= 0.6 is 23.2 Å². The highest BCUT2D eigenvalue weighted by Gasteiger charge is 2.01. The van der Waals surface area contributed by atoms with Crippen LogP contribution < -0.4 is 5.32 Å². The zero-order chi connectivity index (χ0) is 9.68. The number of hydrogen-bond donors (Lipinski definition) is 1. The molecule has 0 atom stereocenters. The van der Waals surface area contributed by atoms with Crippen LogP contribution in [0.1, 0.15) is 5.56 Å². The first-order chi connectivity index (χ1) is 6.24. The van der Waals surface area contributed by atoms with Crippen LogP contribution in [0.2, 0.25) is 5.02 Å². The first kappa shape index (κ1) is 10.8. The van der Waals surface area contributed by atoms with Gasteiger partial charge in [0.1, 0.15) is 5.82 Å². The van der Waals surface area contributed by atoms with Crippen molar-refractivity contribution in [3.05, 3.63) is 34.6 Å². The third-order valence-electron chi connectivity index (χ3n) is 1.60. The molecular formula is C9H10Cl2FN. The van der Waals surface area contributed by atoms with Crippen molar-refractivity contribution in [1.29, 1.82) is 0 Å². The highest BCUT2D eigenvalue weighted by atomic mass is 35.5. The van der Waals surface area contributed by atoms with Gasteiger partial charge < -0.3 is 5.32 Å². The summed E-state index contributed by atoms with van der Waals surface area (Å²) < 4.78 is 13.1. The molecule has 0 fully saturated rings. The standard InChI is InChI=1S/C9H10Cl2FN/c10-3-4-13-6-7-1-2-8(11)5-9(7)12/h1-2,5,13H,3-4,6H2. The summed E-state index contributed by atoms with van der Waals surface area (Å²) in [6.45, 7) is 1.15. The van der Waals surface area contributed by atoms with Gasteiger partial charge in [-0.05, 0) is 12.1 Å². The second kappa shape index (κ2) is 5.43. The number of rotatable bonds is 4. The summed E-state index contributed by atoms with van der Waals surface area (Å²) in [5.74, 6) is 0.240. The van der Waals surface area contributed by atoms with E-state index in [0.29, 0.717) is 29.6 Å². The molecule has 1 N–H and O–H groups in total.